The maximum Gasteiger partial charge on any atom is 0.228 e. The Morgan fingerprint density at radius 3 is 2.77 bits per heavy atom. The number of carbonyl (C=O) groups is 2. The van der Waals surface area contributed by atoms with E-state index in [2.05, 4.69) is 5.16 Å². The molecule has 2 aromatic rings. The van der Waals surface area contributed by atoms with Crippen LogP contribution in [0.4, 0.5) is 10.1 Å². The molecule has 4 rings (SSSR count). The molecule has 136 valence electrons. The molecule has 2 fully saturated rings. The Balaban J connectivity index is 1.38. The first-order chi connectivity index (χ1) is 12.6. The minimum Gasteiger partial charge on any atom is -0.388 e. The number of aromatic nitrogens is 1. The number of aliphatic hydroxyl groups excluding tert-OH is 1. The fourth-order valence-corrected chi connectivity index (χ4v) is 3.48. The van der Waals surface area contributed by atoms with Gasteiger partial charge in [0.15, 0.2) is 5.76 Å². The number of carbonyl (C=O) groups excluding carboxylic acids is 2. The normalized spacial score (nSPS) is 20.5. The molecule has 7 nitrogen and oxygen atoms in total. The molecule has 1 N–H and O–H groups in total. The Labute approximate surface area is 149 Å². The van der Waals surface area contributed by atoms with Gasteiger partial charge in [-0.1, -0.05) is 17.3 Å². The number of hydrogen-bond acceptors (Lipinski definition) is 5. The monoisotopic (exact) mass is 359 g/mol. The Bertz CT molecular complexity index is 846. The van der Waals surface area contributed by atoms with Crippen LogP contribution in [0.3, 0.4) is 0 Å². The Hall–Kier alpha value is -2.74. The predicted octanol–water partition coefficient (Wildman–Crippen LogP) is 1.28. The molecule has 0 radical (unpaired) electrons. The molecular formula is C18H18FN3O4. The number of amides is 2. The third-order valence-electron chi connectivity index (χ3n) is 4.96. The average molecular weight is 359 g/mol. The van der Waals surface area contributed by atoms with Crippen LogP contribution in [0.5, 0.6) is 0 Å². The molecule has 2 aliphatic heterocycles. The molecular weight excluding hydrogens is 341 g/mol. The average Bonchev–Trinajstić information content (AvgIpc) is 3.21. The van der Waals surface area contributed by atoms with Crippen LogP contribution in [0.2, 0.25) is 0 Å². The first-order valence-electron chi connectivity index (χ1n) is 8.47. The van der Waals surface area contributed by atoms with Crippen LogP contribution in [0.25, 0.3) is 0 Å². The highest BCUT2D eigenvalue weighted by atomic mass is 19.1. The van der Waals surface area contributed by atoms with Crippen molar-refractivity contribution >= 4 is 17.5 Å². The second kappa shape index (κ2) is 6.53. The fraction of sp³-hybridized carbons (Fsp3) is 0.389. The molecule has 1 unspecified atom stereocenters. The third-order valence-corrected chi connectivity index (χ3v) is 4.96. The molecule has 8 heteroatoms. The Morgan fingerprint density at radius 1 is 1.31 bits per heavy atom. The van der Waals surface area contributed by atoms with E-state index in [0.29, 0.717) is 24.5 Å². The number of benzene rings is 1. The number of likely N-dealkylation sites (tertiary alicyclic amines) is 1. The van der Waals surface area contributed by atoms with Gasteiger partial charge >= 0.3 is 0 Å². The van der Waals surface area contributed by atoms with E-state index in [4.69, 9.17) is 9.63 Å². The lowest BCUT2D eigenvalue weighted by Crippen LogP contribution is -2.51. The van der Waals surface area contributed by atoms with E-state index in [-0.39, 0.29) is 43.0 Å². The van der Waals surface area contributed by atoms with Crippen molar-refractivity contribution in [3.05, 3.63) is 47.6 Å². The smallest absolute Gasteiger partial charge is 0.228 e. The van der Waals surface area contributed by atoms with Gasteiger partial charge in [-0.2, -0.15) is 0 Å². The number of para-hydroxylation sites is 1. The molecule has 2 aliphatic rings. The highest BCUT2D eigenvalue weighted by molar-refractivity contribution is 6.00. The van der Waals surface area contributed by atoms with Crippen LogP contribution in [0.15, 0.2) is 34.9 Å². The van der Waals surface area contributed by atoms with Crippen molar-refractivity contribution < 1.29 is 23.6 Å². The first kappa shape index (κ1) is 16.7. The number of halogens is 1. The summed E-state index contributed by atoms with van der Waals surface area (Å²) in [5.74, 6) is -0.805. The van der Waals surface area contributed by atoms with E-state index in [0.717, 1.165) is 0 Å². The molecule has 0 bridgehead atoms. The van der Waals surface area contributed by atoms with Crippen molar-refractivity contribution in [2.75, 3.05) is 24.5 Å². The molecule has 0 saturated carbocycles. The zero-order valence-electron chi connectivity index (χ0n) is 14.0. The van der Waals surface area contributed by atoms with E-state index in [1.54, 1.807) is 29.2 Å². The summed E-state index contributed by atoms with van der Waals surface area (Å²) in [5.41, 5.74) is 0.932. The fourth-order valence-electron chi connectivity index (χ4n) is 3.48. The second-order valence-electron chi connectivity index (χ2n) is 6.67. The zero-order chi connectivity index (χ0) is 18.3. The van der Waals surface area contributed by atoms with Gasteiger partial charge in [-0.05, 0) is 12.1 Å². The number of rotatable bonds is 4. The summed E-state index contributed by atoms with van der Waals surface area (Å²) >= 11 is 0. The van der Waals surface area contributed by atoms with Crippen molar-refractivity contribution in [2.24, 2.45) is 5.92 Å². The molecule has 1 atom stereocenters. The van der Waals surface area contributed by atoms with Crippen LogP contribution in [0.1, 0.15) is 23.8 Å². The lowest BCUT2D eigenvalue weighted by molar-refractivity contribution is -0.140. The zero-order valence-corrected chi connectivity index (χ0v) is 14.0. The highest BCUT2D eigenvalue weighted by Gasteiger charge is 2.42. The van der Waals surface area contributed by atoms with Crippen molar-refractivity contribution in [1.82, 2.24) is 10.1 Å². The Kier molecular flexibility index (Phi) is 4.20. The van der Waals surface area contributed by atoms with Gasteiger partial charge in [0.05, 0.1) is 17.3 Å². The number of hydrogen-bond donors (Lipinski definition) is 1. The molecule has 26 heavy (non-hydrogen) atoms. The van der Waals surface area contributed by atoms with E-state index in [9.17, 15) is 14.0 Å². The summed E-state index contributed by atoms with van der Waals surface area (Å²) in [6, 6.07) is 7.76. The van der Waals surface area contributed by atoms with Crippen molar-refractivity contribution in [1.29, 1.82) is 0 Å². The lowest BCUT2D eigenvalue weighted by Gasteiger charge is -2.39. The molecule has 1 aromatic carbocycles. The van der Waals surface area contributed by atoms with Gasteiger partial charge in [0, 0.05) is 38.0 Å². The first-order valence-corrected chi connectivity index (χ1v) is 8.47. The summed E-state index contributed by atoms with van der Waals surface area (Å²) in [6.07, 6.45) is 0.0902. The van der Waals surface area contributed by atoms with Crippen LogP contribution >= 0.6 is 0 Å². The Morgan fingerprint density at radius 2 is 2.08 bits per heavy atom. The van der Waals surface area contributed by atoms with Gasteiger partial charge in [-0.3, -0.25) is 9.59 Å². The molecule has 0 aliphatic carbocycles. The van der Waals surface area contributed by atoms with Gasteiger partial charge in [0.25, 0.3) is 0 Å². The summed E-state index contributed by atoms with van der Waals surface area (Å²) in [6.45, 7) is 0.984. The largest absolute Gasteiger partial charge is 0.388 e. The van der Waals surface area contributed by atoms with E-state index >= 15 is 0 Å². The summed E-state index contributed by atoms with van der Waals surface area (Å²) in [5, 5.41) is 12.9. The topological polar surface area (TPSA) is 86.9 Å². The standard InChI is InChI=1S/C18H18FN3O4/c19-14-3-1-2-4-16(14)22-9-11(5-17(22)24)18(25)21-7-12(8-21)15-6-13(10-23)26-20-15/h1-4,6,11-12,23H,5,7-10H2. The molecule has 1 aromatic heterocycles. The van der Waals surface area contributed by atoms with Gasteiger partial charge in [-0.25, -0.2) is 4.39 Å². The highest BCUT2D eigenvalue weighted by Crippen LogP contribution is 2.32. The van der Waals surface area contributed by atoms with Crippen LogP contribution in [-0.4, -0.2) is 46.6 Å². The maximum absolute atomic E-state index is 13.9. The van der Waals surface area contributed by atoms with E-state index in [1.807, 2.05) is 0 Å². The minimum atomic E-state index is -0.469. The number of aliphatic hydroxyl groups is 1. The maximum atomic E-state index is 13.9. The second-order valence-corrected chi connectivity index (χ2v) is 6.67. The van der Waals surface area contributed by atoms with Gasteiger partial charge in [0.1, 0.15) is 12.4 Å². The van der Waals surface area contributed by atoms with Crippen molar-refractivity contribution in [3.8, 4) is 0 Å². The van der Waals surface area contributed by atoms with E-state index in [1.165, 1.54) is 11.0 Å². The third kappa shape index (κ3) is 2.86. The molecule has 3 heterocycles. The quantitative estimate of drug-likeness (QED) is 0.889. The summed E-state index contributed by atoms with van der Waals surface area (Å²) in [4.78, 5) is 27.9. The minimum absolute atomic E-state index is 0.0720. The number of anilines is 1. The van der Waals surface area contributed by atoms with Crippen LogP contribution in [-0.2, 0) is 16.2 Å². The van der Waals surface area contributed by atoms with Gasteiger partial charge in [0.2, 0.25) is 11.8 Å². The van der Waals surface area contributed by atoms with Crippen molar-refractivity contribution in [3.63, 3.8) is 0 Å². The van der Waals surface area contributed by atoms with Gasteiger partial charge < -0.3 is 19.4 Å². The van der Waals surface area contributed by atoms with Crippen LogP contribution in [0, 0.1) is 11.7 Å². The lowest BCUT2D eigenvalue weighted by atomic mass is 9.93. The van der Waals surface area contributed by atoms with Gasteiger partial charge in [-0.15, -0.1) is 0 Å². The summed E-state index contributed by atoms with van der Waals surface area (Å²) in [7, 11) is 0. The molecule has 2 saturated heterocycles. The van der Waals surface area contributed by atoms with Crippen molar-refractivity contribution in [2.45, 2.75) is 18.9 Å². The SMILES string of the molecule is O=C(C1CC(=O)N(c2ccccc2F)C1)N1CC(c2cc(CO)on2)C1. The molecule has 0 spiro atoms. The van der Waals surface area contributed by atoms with E-state index < -0.39 is 11.7 Å². The molecule has 2 amide bonds. The predicted molar refractivity (Wildman–Crippen MR) is 88.6 cm³/mol. The summed E-state index contributed by atoms with van der Waals surface area (Å²) < 4.78 is 18.9. The van der Waals surface area contributed by atoms with Crippen LogP contribution < -0.4 is 4.90 Å². The number of nitrogens with zero attached hydrogens (tertiary/aromatic N) is 3.